The lowest BCUT2D eigenvalue weighted by Crippen LogP contribution is -2.53. The standard InChI is InChI=1S/C27H30FN5O/c1-17-14-20(6-7-21(17)16-29)25-24(19-8-9-23(34-5)22(28)15-19)18(2)32(4)26(31-25)33-12-10-27(3,30)11-13-33/h6-9,14-15H,2,10-13,30H2,1,3-5H3. The van der Waals surface area contributed by atoms with Crippen LogP contribution in [0.25, 0.3) is 11.3 Å². The Hall–Kier alpha value is -3.63. The third-order valence-electron chi connectivity index (χ3n) is 6.69. The highest BCUT2D eigenvalue weighted by Gasteiger charge is 2.33. The van der Waals surface area contributed by atoms with Gasteiger partial charge in [-0.15, -0.1) is 0 Å². The van der Waals surface area contributed by atoms with Crippen LogP contribution in [0.5, 0.6) is 5.75 Å². The van der Waals surface area contributed by atoms with Crippen LogP contribution in [0.2, 0.25) is 0 Å². The van der Waals surface area contributed by atoms with Gasteiger partial charge >= 0.3 is 0 Å². The zero-order valence-electron chi connectivity index (χ0n) is 20.2. The predicted octanol–water partition coefficient (Wildman–Crippen LogP) is 4.51. The van der Waals surface area contributed by atoms with E-state index in [1.807, 2.05) is 37.1 Å². The fourth-order valence-corrected chi connectivity index (χ4v) is 4.43. The molecule has 0 unspecified atom stereocenters. The van der Waals surface area contributed by atoms with Crippen LogP contribution in [0.4, 0.5) is 4.39 Å². The molecule has 7 heteroatoms. The first kappa shape index (κ1) is 23.5. The third kappa shape index (κ3) is 4.29. The molecule has 0 amide bonds. The molecule has 0 bridgehead atoms. The molecule has 4 rings (SSSR count). The summed E-state index contributed by atoms with van der Waals surface area (Å²) in [7, 11) is 3.37. The summed E-state index contributed by atoms with van der Waals surface area (Å²) in [5, 5.41) is 9.38. The molecule has 0 saturated carbocycles. The number of aryl methyl sites for hydroxylation is 1. The summed E-state index contributed by atoms with van der Waals surface area (Å²) < 4.78 is 19.8. The largest absolute Gasteiger partial charge is 0.494 e. The van der Waals surface area contributed by atoms with Gasteiger partial charge in [0.25, 0.3) is 0 Å². The number of methoxy groups -OCH3 is 1. The molecule has 176 valence electrons. The molecule has 2 aromatic rings. The highest BCUT2D eigenvalue weighted by molar-refractivity contribution is 6.06. The molecule has 1 fully saturated rings. The minimum Gasteiger partial charge on any atom is -0.494 e. The monoisotopic (exact) mass is 459 g/mol. The van der Waals surface area contributed by atoms with E-state index in [0.717, 1.165) is 48.6 Å². The van der Waals surface area contributed by atoms with Gasteiger partial charge in [-0.05, 0) is 62.1 Å². The maximum atomic E-state index is 14.7. The van der Waals surface area contributed by atoms with E-state index in [-0.39, 0.29) is 11.3 Å². The van der Waals surface area contributed by atoms with E-state index in [1.54, 1.807) is 12.1 Å². The molecule has 0 spiro atoms. The summed E-state index contributed by atoms with van der Waals surface area (Å²) in [6.45, 7) is 9.91. The van der Waals surface area contributed by atoms with Crippen LogP contribution in [0.3, 0.4) is 0 Å². The predicted molar refractivity (Wildman–Crippen MR) is 133 cm³/mol. The van der Waals surface area contributed by atoms with Crippen molar-refractivity contribution in [1.29, 1.82) is 5.26 Å². The zero-order chi connectivity index (χ0) is 24.6. The molecule has 2 aromatic carbocycles. The van der Waals surface area contributed by atoms with Crippen LogP contribution in [-0.4, -0.2) is 48.5 Å². The van der Waals surface area contributed by atoms with E-state index in [4.69, 9.17) is 15.5 Å². The van der Waals surface area contributed by atoms with E-state index >= 15 is 0 Å². The van der Waals surface area contributed by atoms with E-state index in [0.29, 0.717) is 22.5 Å². The van der Waals surface area contributed by atoms with Crippen molar-refractivity contribution in [3.63, 3.8) is 0 Å². The number of ether oxygens (including phenoxy) is 1. The first-order valence-electron chi connectivity index (χ1n) is 11.3. The Labute approximate surface area is 200 Å². The van der Waals surface area contributed by atoms with Gasteiger partial charge < -0.3 is 20.3 Å². The minimum absolute atomic E-state index is 0.178. The lowest BCUT2D eigenvalue weighted by atomic mass is 9.91. The number of benzene rings is 2. The lowest BCUT2D eigenvalue weighted by molar-refractivity contribution is 0.230. The number of aliphatic imine (C=N–C) groups is 1. The summed E-state index contributed by atoms with van der Waals surface area (Å²) in [5.74, 6) is 0.513. The van der Waals surface area contributed by atoms with E-state index < -0.39 is 5.82 Å². The van der Waals surface area contributed by atoms with Gasteiger partial charge in [-0.1, -0.05) is 18.7 Å². The van der Waals surface area contributed by atoms with Crippen molar-refractivity contribution in [1.82, 2.24) is 9.80 Å². The number of rotatable bonds is 3. The number of hydrogen-bond acceptors (Lipinski definition) is 6. The SMILES string of the molecule is C=C1C(c2ccc(OC)c(F)c2)=C(c2ccc(C#N)c(C)c2)N=C(N2CCC(C)(N)CC2)N1C. The molecule has 2 aliphatic rings. The van der Waals surface area contributed by atoms with Gasteiger partial charge in [0.1, 0.15) is 0 Å². The maximum Gasteiger partial charge on any atom is 0.206 e. The normalized spacial score (nSPS) is 18.0. The second-order valence-electron chi connectivity index (χ2n) is 9.27. The Bertz CT molecular complexity index is 1240. The average molecular weight is 460 g/mol. The second kappa shape index (κ2) is 8.96. The van der Waals surface area contributed by atoms with E-state index in [9.17, 15) is 9.65 Å². The molecule has 2 N–H and O–H groups in total. The number of likely N-dealkylation sites (tertiary alicyclic amines) is 1. The van der Waals surface area contributed by atoms with Crippen molar-refractivity contribution in [2.45, 2.75) is 32.2 Å². The van der Waals surface area contributed by atoms with E-state index in [2.05, 4.69) is 24.5 Å². The van der Waals surface area contributed by atoms with Crippen molar-refractivity contribution in [2.24, 2.45) is 10.7 Å². The molecular formula is C27H30FN5O. The summed E-state index contributed by atoms with van der Waals surface area (Å²) in [6, 6.07) is 12.7. The van der Waals surface area contributed by atoms with Gasteiger partial charge in [0.05, 0.1) is 24.4 Å². The number of nitrogens with zero attached hydrogens (tertiary/aromatic N) is 4. The molecule has 0 atom stereocenters. The van der Waals surface area contributed by atoms with Gasteiger partial charge in [-0.25, -0.2) is 9.38 Å². The van der Waals surface area contributed by atoms with Crippen LogP contribution >= 0.6 is 0 Å². The number of hydrogen-bond donors (Lipinski definition) is 1. The lowest BCUT2D eigenvalue weighted by Gasteiger charge is -2.42. The van der Waals surface area contributed by atoms with Gasteiger partial charge in [0.2, 0.25) is 5.96 Å². The number of piperidine rings is 1. The summed E-state index contributed by atoms with van der Waals surface area (Å²) in [5.41, 5.74) is 11.3. The number of allylic oxidation sites excluding steroid dienone is 1. The highest BCUT2D eigenvalue weighted by atomic mass is 19.1. The van der Waals surface area contributed by atoms with Crippen LogP contribution in [0.15, 0.2) is 53.7 Å². The van der Waals surface area contributed by atoms with Crippen molar-refractivity contribution in [3.05, 3.63) is 76.7 Å². The first-order chi connectivity index (χ1) is 16.1. The number of nitrogens with two attached hydrogens (primary N) is 1. The van der Waals surface area contributed by atoms with Gasteiger partial charge in [0, 0.05) is 42.5 Å². The minimum atomic E-state index is -0.452. The highest BCUT2D eigenvalue weighted by Crippen LogP contribution is 2.39. The van der Waals surface area contributed by atoms with Crippen LogP contribution in [0.1, 0.15) is 42.0 Å². The Morgan fingerprint density at radius 1 is 1.18 bits per heavy atom. The molecule has 6 nitrogen and oxygen atoms in total. The number of halogens is 1. The Morgan fingerprint density at radius 2 is 1.85 bits per heavy atom. The second-order valence-corrected chi connectivity index (χ2v) is 9.27. The van der Waals surface area contributed by atoms with Crippen LogP contribution in [0, 0.1) is 24.1 Å². The molecule has 0 aromatic heterocycles. The van der Waals surface area contributed by atoms with Gasteiger partial charge in [-0.3, -0.25) is 0 Å². The smallest absolute Gasteiger partial charge is 0.206 e. The number of likely N-dealkylation sites (N-methyl/N-ethyl adjacent to an activating group) is 1. The quantitative estimate of drug-likeness (QED) is 0.731. The van der Waals surface area contributed by atoms with Crippen LogP contribution < -0.4 is 10.5 Å². The van der Waals surface area contributed by atoms with Gasteiger partial charge in [0.15, 0.2) is 11.6 Å². The summed E-state index contributed by atoms with van der Waals surface area (Å²) in [4.78, 5) is 9.27. The molecule has 2 heterocycles. The molecule has 2 aliphatic heterocycles. The molecule has 34 heavy (non-hydrogen) atoms. The molecule has 0 aliphatic carbocycles. The average Bonchev–Trinajstić information content (AvgIpc) is 2.81. The number of nitriles is 1. The van der Waals surface area contributed by atoms with Crippen molar-refractivity contribution >= 4 is 17.2 Å². The fourth-order valence-electron chi connectivity index (χ4n) is 4.43. The topological polar surface area (TPSA) is 77.9 Å². The summed E-state index contributed by atoms with van der Waals surface area (Å²) >= 11 is 0. The van der Waals surface area contributed by atoms with Crippen molar-refractivity contribution in [3.8, 4) is 11.8 Å². The molecule has 0 radical (unpaired) electrons. The first-order valence-corrected chi connectivity index (χ1v) is 11.3. The Morgan fingerprint density at radius 3 is 2.44 bits per heavy atom. The zero-order valence-corrected chi connectivity index (χ0v) is 20.2. The Balaban J connectivity index is 1.90. The Kier molecular flexibility index (Phi) is 6.20. The third-order valence-corrected chi connectivity index (χ3v) is 6.69. The van der Waals surface area contributed by atoms with E-state index in [1.165, 1.54) is 13.2 Å². The van der Waals surface area contributed by atoms with Crippen molar-refractivity contribution < 1.29 is 9.13 Å². The number of guanidine groups is 1. The fraction of sp³-hybridized carbons (Fsp3) is 0.333. The summed E-state index contributed by atoms with van der Waals surface area (Å²) in [6.07, 6.45) is 1.72. The molecular weight excluding hydrogens is 429 g/mol. The maximum absolute atomic E-state index is 14.7. The van der Waals surface area contributed by atoms with Crippen LogP contribution in [-0.2, 0) is 0 Å². The molecule has 1 saturated heterocycles. The van der Waals surface area contributed by atoms with Crippen molar-refractivity contribution in [2.75, 3.05) is 27.2 Å². The van der Waals surface area contributed by atoms with Gasteiger partial charge in [-0.2, -0.15) is 5.26 Å².